The maximum Gasteiger partial charge on any atom is 0.434 e. The van der Waals surface area contributed by atoms with E-state index < -0.39 is 11.9 Å². The van der Waals surface area contributed by atoms with Gasteiger partial charge in [-0.25, -0.2) is 19.9 Å². The number of hydrogen-bond acceptors (Lipinski definition) is 6. The Bertz CT molecular complexity index is 1030. The number of anilines is 1. The second-order valence-corrected chi connectivity index (χ2v) is 7.50. The molecule has 0 aromatic carbocycles. The Morgan fingerprint density at radius 2 is 1.97 bits per heavy atom. The van der Waals surface area contributed by atoms with Crippen LogP contribution in [0.2, 0.25) is 0 Å². The second kappa shape index (κ2) is 6.94. The first-order valence-corrected chi connectivity index (χ1v) is 9.55. The molecule has 152 valence electrons. The third kappa shape index (κ3) is 3.41. The third-order valence-corrected chi connectivity index (χ3v) is 5.74. The molecule has 0 aliphatic carbocycles. The van der Waals surface area contributed by atoms with E-state index >= 15 is 0 Å². The third-order valence-electron chi connectivity index (χ3n) is 5.74. The molecule has 0 amide bonds. The zero-order valence-corrected chi connectivity index (χ0v) is 15.5. The average Bonchev–Trinajstić information content (AvgIpc) is 3.46. The first-order chi connectivity index (χ1) is 14.0. The summed E-state index contributed by atoms with van der Waals surface area (Å²) in [7, 11) is 0. The monoisotopic (exact) mass is 404 g/mol. The number of rotatable bonds is 3. The van der Waals surface area contributed by atoms with Crippen molar-refractivity contribution >= 4 is 11.5 Å². The number of ether oxygens (including phenoxy) is 1. The van der Waals surface area contributed by atoms with Gasteiger partial charge in [0.25, 0.3) is 0 Å². The van der Waals surface area contributed by atoms with E-state index in [-0.39, 0.29) is 0 Å². The molecule has 5 heterocycles. The van der Waals surface area contributed by atoms with Crippen molar-refractivity contribution in [2.75, 3.05) is 31.2 Å². The molecule has 0 bridgehead atoms. The van der Waals surface area contributed by atoms with Crippen molar-refractivity contribution in [1.29, 1.82) is 0 Å². The lowest BCUT2D eigenvalue weighted by Gasteiger charge is -2.20. The van der Waals surface area contributed by atoms with Crippen LogP contribution in [0.1, 0.15) is 18.5 Å². The maximum absolute atomic E-state index is 13.0. The summed E-state index contributed by atoms with van der Waals surface area (Å²) >= 11 is 0. The largest absolute Gasteiger partial charge is 0.434 e. The smallest absolute Gasteiger partial charge is 0.381 e. The van der Waals surface area contributed by atoms with Gasteiger partial charge in [-0.05, 0) is 30.7 Å². The van der Waals surface area contributed by atoms with Crippen LogP contribution in [0.25, 0.3) is 17.2 Å². The van der Waals surface area contributed by atoms with Crippen LogP contribution in [-0.4, -0.2) is 50.6 Å². The molecule has 29 heavy (non-hydrogen) atoms. The number of imidazole rings is 1. The van der Waals surface area contributed by atoms with E-state index in [4.69, 9.17) is 4.74 Å². The summed E-state index contributed by atoms with van der Waals surface area (Å²) in [4.78, 5) is 18.7. The summed E-state index contributed by atoms with van der Waals surface area (Å²) in [5.41, 5.74) is -0.277. The van der Waals surface area contributed by atoms with Gasteiger partial charge >= 0.3 is 6.18 Å². The van der Waals surface area contributed by atoms with Gasteiger partial charge in [-0.1, -0.05) is 0 Å². The van der Waals surface area contributed by atoms with Gasteiger partial charge in [-0.2, -0.15) is 13.2 Å². The molecule has 0 saturated carbocycles. The van der Waals surface area contributed by atoms with Crippen LogP contribution < -0.4 is 4.90 Å². The van der Waals surface area contributed by atoms with E-state index in [9.17, 15) is 13.2 Å². The van der Waals surface area contributed by atoms with Crippen LogP contribution >= 0.6 is 0 Å². The molecule has 2 fully saturated rings. The highest BCUT2D eigenvalue weighted by atomic mass is 19.4. The zero-order chi connectivity index (χ0) is 20.0. The first kappa shape index (κ1) is 18.3. The van der Waals surface area contributed by atoms with Crippen LogP contribution in [-0.2, 0) is 10.9 Å². The lowest BCUT2D eigenvalue weighted by Crippen LogP contribution is -2.24. The molecule has 10 heteroatoms. The Balaban J connectivity index is 1.44. The minimum atomic E-state index is -4.53. The SMILES string of the molecule is FC(F)(F)c1cn2c(-c3nccc(N4CCC(C5CCOC5)C4)n3)cnc2cn1. The van der Waals surface area contributed by atoms with Gasteiger partial charge in [-0.3, -0.25) is 4.40 Å². The molecule has 2 aliphatic rings. The van der Waals surface area contributed by atoms with Crippen molar-refractivity contribution in [3.63, 3.8) is 0 Å². The van der Waals surface area contributed by atoms with Crippen molar-refractivity contribution in [2.45, 2.75) is 19.0 Å². The fourth-order valence-corrected chi connectivity index (χ4v) is 4.15. The highest BCUT2D eigenvalue weighted by Crippen LogP contribution is 2.33. The van der Waals surface area contributed by atoms with Gasteiger partial charge in [-0.15, -0.1) is 0 Å². The number of aromatic nitrogens is 5. The van der Waals surface area contributed by atoms with E-state index in [1.54, 1.807) is 6.20 Å². The molecule has 0 spiro atoms. The summed E-state index contributed by atoms with van der Waals surface area (Å²) in [6, 6.07) is 1.84. The predicted molar refractivity (Wildman–Crippen MR) is 98.3 cm³/mol. The van der Waals surface area contributed by atoms with Crippen LogP contribution in [0.5, 0.6) is 0 Å². The predicted octanol–water partition coefficient (Wildman–Crippen LogP) is 3.07. The van der Waals surface area contributed by atoms with E-state index in [1.807, 2.05) is 6.07 Å². The Hall–Kier alpha value is -2.75. The van der Waals surface area contributed by atoms with Gasteiger partial charge in [0.1, 0.15) is 11.5 Å². The van der Waals surface area contributed by atoms with Gasteiger partial charge in [0.2, 0.25) is 0 Å². The molecule has 2 saturated heterocycles. The number of halogens is 3. The molecule has 3 aromatic heterocycles. The minimum Gasteiger partial charge on any atom is -0.381 e. The molecule has 7 nitrogen and oxygen atoms in total. The fourth-order valence-electron chi connectivity index (χ4n) is 4.15. The topological polar surface area (TPSA) is 68.4 Å². The Labute approximate surface area is 164 Å². The van der Waals surface area contributed by atoms with Crippen LogP contribution in [0.4, 0.5) is 19.0 Å². The summed E-state index contributed by atoms with van der Waals surface area (Å²) in [5, 5.41) is 0. The number of nitrogens with zero attached hydrogens (tertiary/aromatic N) is 6. The van der Waals surface area contributed by atoms with Crippen molar-refractivity contribution in [3.8, 4) is 11.5 Å². The molecule has 2 aliphatic heterocycles. The van der Waals surface area contributed by atoms with Crippen LogP contribution in [0.15, 0.2) is 30.9 Å². The van der Waals surface area contributed by atoms with Gasteiger partial charge in [0.05, 0.1) is 12.4 Å². The van der Waals surface area contributed by atoms with Crippen molar-refractivity contribution in [1.82, 2.24) is 24.3 Å². The molecule has 0 radical (unpaired) electrons. The van der Waals surface area contributed by atoms with E-state index in [0.717, 1.165) is 57.4 Å². The van der Waals surface area contributed by atoms with Crippen molar-refractivity contribution in [3.05, 3.63) is 36.5 Å². The quantitative estimate of drug-likeness (QED) is 0.668. The Morgan fingerprint density at radius 1 is 1.07 bits per heavy atom. The van der Waals surface area contributed by atoms with Crippen LogP contribution in [0.3, 0.4) is 0 Å². The molecule has 3 aromatic rings. The zero-order valence-electron chi connectivity index (χ0n) is 15.5. The van der Waals surface area contributed by atoms with E-state index in [0.29, 0.717) is 29.0 Å². The molecule has 2 unspecified atom stereocenters. The van der Waals surface area contributed by atoms with E-state index in [1.165, 1.54) is 10.6 Å². The molecule has 0 N–H and O–H groups in total. The normalized spacial score (nSPS) is 22.7. The molecular weight excluding hydrogens is 385 g/mol. The van der Waals surface area contributed by atoms with E-state index in [2.05, 4.69) is 24.8 Å². The fraction of sp³-hybridized carbons (Fsp3) is 0.474. The maximum atomic E-state index is 13.0. The van der Waals surface area contributed by atoms with Gasteiger partial charge in [0, 0.05) is 38.7 Å². The molecule has 5 rings (SSSR count). The minimum absolute atomic E-state index is 0.310. The second-order valence-electron chi connectivity index (χ2n) is 7.50. The summed E-state index contributed by atoms with van der Waals surface area (Å²) < 4.78 is 46.0. The Morgan fingerprint density at radius 3 is 2.76 bits per heavy atom. The van der Waals surface area contributed by atoms with Crippen molar-refractivity contribution < 1.29 is 17.9 Å². The number of hydrogen-bond donors (Lipinski definition) is 0. The standard InChI is InChI=1S/C19H19F3N6O/c20-19(21,22)15-10-28-14(7-25-17(28)8-24-15)18-23-4-1-16(26-18)27-5-2-12(9-27)13-3-6-29-11-13/h1,4,7-8,10,12-13H,2-3,5-6,9,11H2. The van der Waals surface area contributed by atoms with Gasteiger partial charge in [0.15, 0.2) is 17.2 Å². The number of fused-ring (bicyclic) bond motifs is 1. The molecular formula is C19H19F3N6O. The number of alkyl halides is 3. The Kier molecular flexibility index (Phi) is 4.38. The van der Waals surface area contributed by atoms with Gasteiger partial charge < -0.3 is 9.64 Å². The summed E-state index contributed by atoms with van der Waals surface area (Å²) in [6.45, 7) is 3.46. The van der Waals surface area contributed by atoms with Crippen LogP contribution in [0, 0.1) is 11.8 Å². The first-order valence-electron chi connectivity index (χ1n) is 9.55. The average molecular weight is 404 g/mol. The summed E-state index contributed by atoms with van der Waals surface area (Å²) in [6.07, 6.45) is 2.79. The highest BCUT2D eigenvalue weighted by Gasteiger charge is 2.34. The molecule has 2 atom stereocenters. The lowest BCUT2D eigenvalue weighted by atomic mass is 9.91. The van der Waals surface area contributed by atoms with Crippen molar-refractivity contribution in [2.24, 2.45) is 11.8 Å². The lowest BCUT2D eigenvalue weighted by molar-refractivity contribution is -0.141. The highest BCUT2D eigenvalue weighted by molar-refractivity contribution is 5.58. The summed E-state index contributed by atoms with van der Waals surface area (Å²) in [5.74, 6) is 2.28.